The molecule has 2 rings (SSSR count). The highest BCUT2D eigenvalue weighted by Crippen LogP contribution is 2.18. The molecule has 0 aromatic rings. The molecule has 3 N–H and O–H groups in total. The van der Waals surface area contributed by atoms with Crippen LogP contribution < -0.4 is 16.0 Å². The van der Waals surface area contributed by atoms with Crippen LogP contribution in [-0.4, -0.2) is 36.5 Å². The fraction of sp³-hybridized carbons (Fsp3) is 0.833. The third kappa shape index (κ3) is 3.70. The van der Waals surface area contributed by atoms with Crippen LogP contribution >= 0.6 is 0 Å². The summed E-state index contributed by atoms with van der Waals surface area (Å²) in [4.78, 5) is 23.5. The fourth-order valence-electron chi connectivity index (χ4n) is 2.01. The van der Waals surface area contributed by atoms with Gasteiger partial charge in [-0.2, -0.15) is 0 Å². The minimum absolute atomic E-state index is 0.0526. The van der Waals surface area contributed by atoms with Crippen LogP contribution in [0.15, 0.2) is 0 Å². The lowest BCUT2D eigenvalue weighted by molar-refractivity contribution is -0.130. The van der Waals surface area contributed by atoms with Crippen LogP contribution in [0, 0.1) is 0 Å². The summed E-state index contributed by atoms with van der Waals surface area (Å²) < 4.78 is 0. The number of hydrogen-bond donors (Lipinski definition) is 3. The molecule has 1 aliphatic carbocycles. The lowest BCUT2D eigenvalue weighted by Crippen LogP contribution is -2.52. The van der Waals surface area contributed by atoms with Crippen LogP contribution in [0.25, 0.3) is 0 Å². The molecule has 2 aliphatic rings. The number of carbonyl (C=O) groups excluding carboxylic acids is 2. The lowest BCUT2D eigenvalue weighted by atomic mass is 10.0. The molecule has 0 aromatic heterocycles. The van der Waals surface area contributed by atoms with E-state index < -0.39 is 6.04 Å². The Balaban J connectivity index is 1.73. The molecule has 96 valence electrons. The molecule has 1 aliphatic heterocycles. The van der Waals surface area contributed by atoms with Crippen molar-refractivity contribution in [2.45, 2.75) is 57.2 Å². The molecule has 1 saturated carbocycles. The minimum atomic E-state index is -0.438. The second kappa shape index (κ2) is 5.49. The molecule has 17 heavy (non-hydrogen) atoms. The normalized spacial score (nSPS) is 26.1. The summed E-state index contributed by atoms with van der Waals surface area (Å²) >= 11 is 0. The second-order valence-corrected chi connectivity index (χ2v) is 5.02. The van der Waals surface area contributed by atoms with Gasteiger partial charge in [-0.25, -0.2) is 0 Å². The highest BCUT2D eigenvalue weighted by atomic mass is 16.2. The maximum Gasteiger partial charge on any atom is 0.242 e. The standard InChI is InChI=1S/C12H21N3O2/c1-8(11(16)15-9-5-6-9)14-12(17)10-4-2-3-7-13-10/h8-10,13H,2-7H2,1H3,(H,14,17)(H,15,16)/t8?,10-/m0/s1. The molecular formula is C12H21N3O2. The number of piperidine rings is 1. The van der Waals surface area contributed by atoms with Crippen LogP contribution in [0.1, 0.15) is 39.0 Å². The molecule has 0 aromatic carbocycles. The van der Waals surface area contributed by atoms with Crippen molar-refractivity contribution in [3.8, 4) is 0 Å². The van der Waals surface area contributed by atoms with Gasteiger partial charge in [-0.15, -0.1) is 0 Å². The summed E-state index contributed by atoms with van der Waals surface area (Å²) in [6.07, 6.45) is 5.20. The van der Waals surface area contributed by atoms with Crippen LogP contribution in [0.2, 0.25) is 0 Å². The molecule has 0 bridgehead atoms. The van der Waals surface area contributed by atoms with Gasteiger partial charge in [0, 0.05) is 6.04 Å². The maximum absolute atomic E-state index is 11.9. The Kier molecular flexibility index (Phi) is 3.99. The Hall–Kier alpha value is -1.10. The third-order valence-corrected chi connectivity index (χ3v) is 3.30. The first-order valence-electron chi connectivity index (χ1n) is 6.51. The zero-order valence-corrected chi connectivity index (χ0v) is 10.3. The molecule has 1 saturated heterocycles. The number of rotatable bonds is 4. The molecule has 2 amide bonds. The summed E-state index contributed by atoms with van der Waals surface area (Å²) in [5.74, 6) is -0.125. The van der Waals surface area contributed by atoms with Gasteiger partial charge in [0.15, 0.2) is 0 Å². The van der Waals surface area contributed by atoms with Gasteiger partial charge >= 0.3 is 0 Å². The average molecular weight is 239 g/mol. The summed E-state index contributed by atoms with van der Waals surface area (Å²) in [6, 6.07) is -0.221. The van der Waals surface area contributed by atoms with E-state index in [1.165, 1.54) is 0 Å². The average Bonchev–Trinajstić information content (AvgIpc) is 3.14. The lowest BCUT2D eigenvalue weighted by Gasteiger charge is -2.24. The Morgan fingerprint density at radius 1 is 1.24 bits per heavy atom. The van der Waals surface area contributed by atoms with Crippen molar-refractivity contribution in [2.24, 2.45) is 0 Å². The zero-order chi connectivity index (χ0) is 12.3. The van der Waals surface area contributed by atoms with E-state index in [1.807, 2.05) is 0 Å². The van der Waals surface area contributed by atoms with Crippen LogP contribution in [0.4, 0.5) is 0 Å². The van der Waals surface area contributed by atoms with Crippen molar-refractivity contribution in [1.82, 2.24) is 16.0 Å². The van der Waals surface area contributed by atoms with Gasteiger partial charge in [0.2, 0.25) is 11.8 Å². The van der Waals surface area contributed by atoms with Gasteiger partial charge < -0.3 is 16.0 Å². The summed E-state index contributed by atoms with van der Waals surface area (Å²) in [5, 5.41) is 8.83. The van der Waals surface area contributed by atoms with E-state index in [-0.39, 0.29) is 17.9 Å². The quantitative estimate of drug-likeness (QED) is 0.642. The van der Waals surface area contributed by atoms with Crippen molar-refractivity contribution in [3.05, 3.63) is 0 Å². The molecule has 0 spiro atoms. The third-order valence-electron chi connectivity index (χ3n) is 3.30. The number of nitrogens with one attached hydrogen (secondary N) is 3. The summed E-state index contributed by atoms with van der Waals surface area (Å²) in [6.45, 7) is 2.62. The highest BCUT2D eigenvalue weighted by molar-refractivity contribution is 5.89. The summed E-state index contributed by atoms with van der Waals surface area (Å²) in [5.41, 5.74) is 0. The molecule has 2 atom stereocenters. The van der Waals surface area contributed by atoms with Gasteiger partial charge in [0.25, 0.3) is 0 Å². The minimum Gasteiger partial charge on any atom is -0.352 e. The van der Waals surface area contributed by atoms with Gasteiger partial charge in [-0.1, -0.05) is 6.42 Å². The van der Waals surface area contributed by atoms with Crippen molar-refractivity contribution in [2.75, 3.05) is 6.54 Å². The van der Waals surface area contributed by atoms with E-state index in [4.69, 9.17) is 0 Å². The van der Waals surface area contributed by atoms with E-state index in [1.54, 1.807) is 6.92 Å². The van der Waals surface area contributed by atoms with Crippen molar-refractivity contribution < 1.29 is 9.59 Å². The Morgan fingerprint density at radius 2 is 2.00 bits per heavy atom. The monoisotopic (exact) mass is 239 g/mol. The van der Waals surface area contributed by atoms with Crippen molar-refractivity contribution >= 4 is 11.8 Å². The molecule has 0 radical (unpaired) electrons. The predicted octanol–water partition coefficient (Wildman–Crippen LogP) is -0.0882. The van der Waals surface area contributed by atoms with Gasteiger partial charge in [0.1, 0.15) is 6.04 Å². The Labute approximate surface area is 102 Å². The summed E-state index contributed by atoms with van der Waals surface area (Å²) in [7, 11) is 0. The van der Waals surface area contributed by atoms with Gasteiger partial charge in [-0.3, -0.25) is 9.59 Å². The number of hydrogen-bond acceptors (Lipinski definition) is 3. The van der Waals surface area contributed by atoms with Crippen molar-refractivity contribution in [1.29, 1.82) is 0 Å². The maximum atomic E-state index is 11.9. The first-order chi connectivity index (χ1) is 8.16. The Morgan fingerprint density at radius 3 is 2.59 bits per heavy atom. The van der Waals surface area contributed by atoms with E-state index in [9.17, 15) is 9.59 Å². The zero-order valence-electron chi connectivity index (χ0n) is 10.3. The molecule has 1 heterocycles. The predicted molar refractivity (Wildman–Crippen MR) is 64.4 cm³/mol. The largest absolute Gasteiger partial charge is 0.352 e. The Bertz CT molecular complexity index is 296. The molecule has 1 unspecified atom stereocenters. The number of carbonyl (C=O) groups is 2. The molecule has 5 heteroatoms. The van der Waals surface area contributed by atoms with Gasteiger partial charge in [-0.05, 0) is 39.2 Å². The van der Waals surface area contributed by atoms with Crippen LogP contribution in [0.3, 0.4) is 0 Å². The number of amides is 2. The molecule has 2 fully saturated rings. The first-order valence-corrected chi connectivity index (χ1v) is 6.51. The van der Waals surface area contributed by atoms with E-state index >= 15 is 0 Å². The van der Waals surface area contributed by atoms with E-state index in [0.717, 1.165) is 38.6 Å². The second-order valence-electron chi connectivity index (χ2n) is 5.02. The van der Waals surface area contributed by atoms with Crippen LogP contribution in [-0.2, 0) is 9.59 Å². The molecular weight excluding hydrogens is 218 g/mol. The molecule has 5 nitrogen and oxygen atoms in total. The van der Waals surface area contributed by atoms with Gasteiger partial charge in [0.05, 0.1) is 6.04 Å². The SMILES string of the molecule is CC(NC(=O)[C@@H]1CCCCN1)C(=O)NC1CC1. The fourth-order valence-corrected chi connectivity index (χ4v) is 2.01. The first kappa shape index (κ1) is 12.4. The topological polar surface area (TPSA) is 70.2 Å². The van der Waals surface area contributed by atoms with E-state index in [0.29, 0.717) is 6.04 Å². The van der Waals surface area contributed by atoms with Crippen LogP contribution in [0.5, 0.6) is 0 Å². The van der Waals surface area contributed by atoms with E-state index in [2.05, 4.69) is 16.0 Å². The van der Waals surface area contributed by atoms with Crippen molar-refractivity contribution in [3.63, 3.8) is 0 Å². The highest BCUT2D eigenvalue weighted by Gasteiger charge is 2.28. The smallest absolute Gasteiger partial charge is 0.242 e.